The van der Waals surface area contributed by atoms with Crippen LogP contribution >= 0.6 is 12.4 Å². The number of likely N-dealkylation sites (N-methyl/N-ethyl adjacent to an activating group) is 1. The van der Waals surface area contributed by atoms with E-state index in [0.29, 0.717) is 13.0 Å². The standard InChI is InChI=1S/C19H28N2O2.ClH/c1-4-21(5-2)14-17-18(8-7-9-19(17)22)20-15-10-12-16(13-11-15)23-6-3;/h10-13,20H,4-9,14H2,1-3H3;1H. The summed E-state index contributed by atoms with van der Waals surface area (Å²) in [6, 6.07) is 7.93. The van der Waals surface area contributed by atoms with Gasteiger partial charge in [-0.15, -0.1) is 12.4 Å². The maximum Gasteiger partial charge on any atom is 0.161 e. The molecular weight excluding hydrogens is 324 g/mol. The van der Waals surface area contributed by atoms with Gasteiger partial charge in [0.1, 0.15) is 5.75 Å². The molecular formula is C19H29ClN2O2. The lowest BCUT2D eigenvalue weighted by Gasteiger charge is -2.25. The highest BCUT2D eigenvalue weighted by atomic mass is 35.5. The van der Waals surface area contributed by atoms with Gasteiger partial charge in [-0.05, 0) is 57.1 Å². The second-order valence-corrected chi connectivity index (χ2v) is 5.78. The highest BCUT2D eigenvalue weighted by Gasteiger charge is 2.22. The van der Waals surface area contributed by atoms with E-state index >= 15 is 0 Å². The van der Waals surface area contributed by atoms with Gasteiger partial charge < -0.3 is 10.1 Å². The zero-order valence-electron chi connectivity index (χ0n) is 14.9. The van der Waals surface area contributed by atoms with Crippen LogP contribution in [0, 0.1) is 0 Å². The Bertz CT molecular complexity index is 551. The first kappa shape index (κ1) is 20.5. The third kappa shape index (κ3) is 5.53. The molecule has 4 nitrogen and oxygen atoms in total. The minimum atomic E-state index is 0. The second-order valence-electron chi connectivity index (χ2n) is 5.78. The average Bonchev–Trinajstić information content (AvgIpc) is 2.57. The molecule has 0 radical (unpaired) electrons. The Morgan fingerprint density at radius 1 is 1.08 bits per heavy atom. The number of Topliss-reactive ketones (excluding diaryl/α,β-unsaturated/α-hetero) is 1. The van der Waals surface area contributed by atoms with Gasteiger partial charge in [-0.3, -0.25) is 9.69 Å². The fourth-order valence-electron chi connectivity index (χ4n) is 2.86. The Balaban J connectivity index is 0.00000288. The molecule has 1 aliphatic carbocycles. The van der Waals surface area contributed by atoms with E-state index in [0.717, 1.165) is 55.2 Å². The molecule has 0 aromatic heterocycles. The van der Waals surface area contributed by atoms with Crippen molar-refractivity contribution < 1.29 is 9.53 Å². The molecule has 0 aliphatic heterocycles. The normalized spacial score (nSPS) is 14.6. The van der Waals surface area contributed by atoms with Crippen molar-refractivity contribution in [2.45, 2.75) is 40.0 Å². The minimum absolute atomic E-state index is 0. The van der Waals surface area contributed by atoms with Crippen molar-refractivity contribution in [3.05, 3.63) is 35.5 Å². The number of halogens is 1. The van der Waals surface area contributed by atoms with Crippen molar-refractivity contribution in [3.63, 3.8) is 0 Å². The van der Waals surface area contributed by atoms with Crippen LogP contribution in [0.3, 0.4) is 0 Å². The number of ether oxygens (including phenoxy) is 1. The summed E-state index contributed by atoms with van der Waals surface area (Å²) >= 11 is 0. The molecule has 0 saturated carbocycles. The number of allylic oxidation sites excluding steroid dienone is 1. The van der Waals surface area contributed by atoms with Crippen LogP contribution in [0.5, 0.6) is 5.75 Å². The van der Waals surface area contributed by atoms with Crippen molar-refractivity contribution in [2.75, 3.05) is 31.6 Å². The van der Waals surface area contributed by atoms with Crippen LogP contribution in [-0.2, 0) is 4.79 Å². The zero-order chi connectivity index (χ0) is 16.7. The number of hydrogen-bond acceptors (Lipinski definition) is 4. The number of ketones is 1. The van der Waals surface area contributed by atoms with Crippen molar-refractivity contribution in [1.29, 1.82) is 0 Å². The quantitative estimate of drug-likeness (QED) is 0.758. The zero-order valence-corrected chi connectivity index (χ0v) is 15.7. The van der Waals surface area contributed by atoms with Gasteiger partial charge in [0, 0.05) is 29.9 Å². The first-order valence-electron chi connectivity index (χ1n) is 8.65. The molecule has 24 heavy (non-hydrogen) atoms. The second kappa shape index (κ2) is 10.4. The average molecular weight is 353 g/mol. The molecule has 0 saturated heterocycles. The lowest BCUT2D eigenvalue weighted by molar-refractivity contribution is -0.116. The lowest BCUT2D eigenvalue weighted by atomic mass is 9.94. The van der Waals surface area contributed by atoms with Crippen LogP contribution in [0.1, 0.15) is 40.0 Å². The van der Waals surface area contributed by atoms with E-state index in [-0.39, 0.29) is 18.2 Å². The SMILES string of the molecule is CCOc1ccc(NC2=C(CN(CC)CC)C(=O)CCC2)cc1.Cl. The van der Waals surface area contributed by atoms with Crippen LogP contribution in [0.25, 0.3) is 0 Å². The predicted molar refractivity (Wildman–Crippen MR) is 102 cm³/mol. The smallest absolute Gasteiger partial charge is 0.161 e. The van der Waals surface area contributed by atoms with Crippen molar-refractivity contribution in [1.82, 2.24) is 4.90 Å². The molecule has 5 heteroatoms. The van der Waals surface area contributed by atoms with Crippen molar-refractivity contribution in [2.24, 2.45) is 0 Å². The van der Waals surface area contributed by atoms with Crippen LogP contribution in [0.2, 0.25) is 0 Å². The van der Waals surface area contributed by atoms with Crippen molar-refractivity contribution in [3.8, 4) is 5.75 Å². The van der Waals surface area contributed by atoms with Crippen LogP contribution in [-0.4, -0.2) is 36.9 Å². The third-order valence-corrected chi connectivity index (χ3v) is 4.27. The largest absolute Gasteiger partial charge is 0.494 e. The van der Waals surface area contributed by atoms with Gasteiger partial charge in [-0.2, -0.15) is 0 Å². The van der Waals surface area contributed by atoms with Gasteiger partial charge in [-0.25, -0.2) is 0 Å². The highest BCUT2D eigenvalue weighted by Crippen LogP contribution is 2.25. The van der Waals surface area contributed by atoms with Gasteiger partial charge in [0.05, 0.1) is 6.61 Å². The van der Waals surface area contributed by atoms with E-state index in [1.165, 1.54) is 0 Å². The van der Waals surface area contributed by atoms with E-state index in [1.54, 1.807) is 0 Å². The highest BCUT2D eigenvalue weighted by molar-refractivity contribution is 5.97. The minimum Gasteiger partial charge on any atom is -0.494 e. The number of nitrogens with zero attached hydrogens (tertiary/aromatic N) is 1. The third-order valence-electron chi connectivity index (χ3n) is 4.27. The van der Waals surface area contributed by atoms with E-state index in [4.69, 9.17) is 4.74 Å². The molecule has 2 rings (SSSR count). The monoisotopic (exact) mass is 352 g/mol. The van der Waals surface area contributed by atoms with E-state index in [9.17, 15) is 4.79 Å². The van der Waals surface area contributed by atoms with Crippen molar-refractivity contribution >= 4 is 23.9 Å². The Hall–Kier alpha value is -1.52. The lowest BCUT2D eigenvalue weighted by Crippen LogP contribution is -2.30. The molecule has 0 spiro atoms. The van der Waals surface area contributed by atoms with Crippen LogP contribution in [0.4, 0.5) is 5.69 Å². The molecule has 0 amide bonds. The number of benzene rings is 1. The number of hydrogen-bond donors (Lipinski definition) is 1. The van der Waals surface area contributed by atoms with Crippen LogP contribution < -0.4 is 10.1 Å². The summed E-state index contributed by atoms with van der Waals surface area (Å²) < 4.78 is 5.47. The molecule has 1 aromatic rings. The molecule has 1 aliphatic rings. The maximum absolute atomic E-state index is 12.4. The molecule has 0 atom stereocenters. The van der Waals surface area contributed by atoms with Crippen LogP contribution in [0.15, 0.2) is 35.5 Å². The first-order valence-corrected chi connectivity index (χ1v) is 8.65. The maximum atomic E-state index is 12.4. The number of carbonyl (C=O) groups excluding carboxylic acids is 1. The summed E-state index contributed by atoms with van der Waals surface area (Å²) in [4.78, 5) is 14.6. The number of nitrogens with one attached hydrogen (secondary N) is 1. The molecule has 134 valence electrons. The van der Waals surface area contributed by atoms with Gasteiger partial charge in [0.15, 0.2) is 5.78 Å². The fourth-order valence-corrected chi connectivity index (χ4v) is 2.86. The first-order chi connectivity index (χ1) is 11.2. The molecule has 0 fully saturated rings. The topological polar surface area (TPSA) is 41.6 Å². The fraction of sp³-hybridized carbons (Fsp3) is 0.526. The Kier molecular flexibility index (Phi) is 8.87. The number of carbonyl (C=O) groups is 1. The predicted octanol–water partition coefficient (Wildman–Crippen LogP) is 4.27. The summed E-state index contributed by atoms with van der Waals surface area (Å²) in [6.45, 7) is 9.58. The molecule has 0 heterocycles. The van der Waals surface area contributed by atoms with E-state index < -0.39 is 0 Å². The summed E-state index contributed by atoms with van der Waals surface area (Å²) in [7, 11) is 0. The molecule has 1 aromatic carbocycles. The Labute approximate surface area is 151 Å². The number of anilines is 1. The van der Waals surface area contributed by atoms with Gasteiger partial charge >= 0.3 is 0 Å². The summed E-state index contributed by atoms with van der Waals surface area (Å²) in [5, 5.41) is 3.46. The summed E-state index contributed by atoms with van der Waals surface area (Å²) in [5.41, 5.74) is 3.04. The van der Waals surface area contributed by atoms with Gasteiger partial charge in [0.25, 0.3) is 0 Å². The molecule has 1 N–H and O–H groups in total. The number of rotatable bonds is 8. The van der Waals surface area contributed by atoms with E-state index in [2.05, 4.69) is 24.1 Å². The van der Waals surface area contributed by atoms with Gasteiger partial charge in [0.2, 0.25) is 0 Å². The Morgan fingerprint density at radius 3 is 2.33 bits per heavy atom. The summed E-state index contributed by atoms with van der Waals surface area (Å²) in [6.07, 6.45) is 2.54. The summed E-state index contributed by atoms with van der Waals surface area (Å²) in [5.74, 6) is 1.16. The Morgan fingerprint density at radius 2 is 1.75 bits per heavy atom. The van der Waals surface area contributed by atoms with E-state index in [1.807, 2.05) is 31.2 Å². The molecule has 0 bridgehead atoms. The molecule has 0 unspecified atom stereocenters. The van der Waals surface area contributed by atoms with Gasteiger partial charge in [-0.1, -0.05) is 13.8 Å².